The number of hydrogen-bond donors (Lipinski definition) is 2. The molecule has 0 saturated carbocycles. The van der Waals surface area contributed by atoms with Crippen molar-refractivity contribution in [1.29, 1.82) is 0 Å². The first-order chi connectivity index (χ1) is 10.6. The van der Waals surface area contributed by atoms with Crippen molar-refractivity contribution in [3.05, 3.63) is 59.8 Å². The van der Waals surface area contributed by atoms with Gasteiger partial charge in [-0.15, -0.1) is 5.10 Å². The maximum absolute atomic E-state index is 13.3. The molecule has 0 aliphatic heterocycles. The molecule has 112 valence electrons. The third-order valence-electron chi connectivity index (χ3n) is 3.12. The molecule has 1 amide bonds. The second kappa shape index (κ2) is 5.80. The molecule has 0 radical (unpaired) electrons. The second-order valence-corrected chi connectivity index (χ2v) is 4.87. The van der Waals surface area contributed by atoms with Gasteiger partial charge in [-0.05, 0) is 31.2 Å². The number of carbonyl (C=O) groups is 1. The van der Waals surface area contributed by atoms with Crippen molar-refractivity contribution >= 4 is 11.7 Å². The van der Waals surface area contributed by atoms with Crippen LogP contribution in [0.15, 0.2) is 42.6 Å². The van der Waals surface area contributed by atoms with Crippen LogP contribution in [0, 0.1) is 12.7 Å². The highest BCUT2D eigenvalue weighted by atomic mass is 19.1. The summed E-state index contributed by atoms with van der Waals surface area (Å²) in [4.78, 5) is 11.9. The number of halogens is 1. The zero-order chi connectivity index (χ0) is 15.5. The fourth-order valence-electron chi connectivity index (χ4n) is 2.15. The number of amides is 1. The van der Waals surface area contributed by atoms with Gasteiger partial charge >= 0.3 is 0 Å². The van der Waals surface area contributed by atoms with E-state index in [-0.39, 0.29) is 18.1 Å². The Morgan fingerprint density at radius 1 is 1.36 bits per heavy atom. The normalized spacial score (nSPS) is 10.6. The average molecular weight is 299 g/mol. The summed E-state index contributed by atoms with van der Waals surface area (Å²) in [6.07, 6.45) is 1.78. The lowest BCUT2D eigenvalue weighted by atomic mass is 10.3. The van der Waals surface area contributed by atoms with Crippen molar-refractivity contribution in [1.82, 2.24) is 20.0 Å². The number of rotatable bonds is 4. The van der Waals surface area contributed by atoms with Crippen LogP contribution in [0.5, 0.6) is 0 Å². The van der Waals surface area contributed by atoms with Gasteiger partial charge in [-0.1, -0.05) is 6.07 Å². The van der Waals surface area contributed by atoms with Crippen LogP contribution in [0.4, 0.5) is 10.2 Å². The van der Waals surface area contributed by atoms with E-state index in [0.29, 0.717) is 11.5 Å². The van der Waals surface area contributed by atoms with Crippen molar-refractivity contribution < 1.29 is 9.18 Å². The summed E-state index contributed by atoms with van der Waals surface area (Å²) in [5, 5.41) is 13.5. The molecular formula is C15H14FN5O. The lowest BCUT2D eigenvalue weighted by Crippen LogP contribution is -2.15. The molecular weight excluding hydrogens is 285 g/mol. The molecule has 0 unspecified atom stereocenters. The minimum Gasteiger partial charge on any atom is -0.309 e. The van der Waals surface area contributed by atoms with E-state index >= 15 is 0 Å². The van der Waals surface area contributed by atoms with Crippen molar-refractivity contribution in [2.45, 2.75) is 13.3 Å². The maximum Gasteiger partial charge on any atom is 0.231 e. The Balaban J connectivity index is 1.76. The molecule has 22 heavy (non-hydrogen) atoms. The summed E-state index contributed by atoms with van der Waals surface area (Å²) < 4.78 is 14.9. The first-order valence-electron chi connectivity index (χ1n) is 6.72. The van der Waals surface area contributed by atoms with Gasteiger partial charge < -0.3 is 5.32 Å². The Morgan fingerprint density at radius 3 is 2.95 bits per heavy atom. The number of nitrogens with zero attached hydrogens (tertiary/aromatic N) is 3. The van der Waals surface area contributed by atoms with E-state index in [2.05, 4.69) is 20.6 Å². The van der Waals surface area contributed by atoms with Crippen LogP contribution in [0.3, 0.4) is 0 Å². The van der Waals surface area contributed by atoms with E-state index in [4.69, 9.17) is 0 Å². The Kier molecular flexibility index (Phi) is 3.69. The lowest BCUT2D eigenvalue weighted by molar-refractivity contribution is -0.115. The average Bonchev–Trinajstić information content (AvgIpc) is 3.08. The van der Waals surface area contributed by atoms with Crippen LogP contribution in [-0.2, 0) is 11.2 Å². The van der Waals surface area contributed by atoms with E-state index < -0.39 is 0 Å². The molecule has 0 aliphatic rings. The first-order valence-corrected chi connectivity index (χ1v) is 6.72. The highest BCUT2D eigenvalue weighted by Crippen LogP contribution is 2.16. The molecule has 2 N–H and O–H groups in total. The van der Waals surface area contributed by atoms with Crippen LogP contribution in [-0.4, -0.2) is 25.9 Å². The molecule has 1 aromatic carbocycles. The molecule has 0 fully saturated rings. The van der Waals surface area contributed by atoms with Gasteiger partial charge in [0.05, 0.1) is 12.1 Å². The SMILES string of the molecule is Cc1cc(NC(=O)Cc2ccn[nH]2)nn1-c1cccc(F)c1. The molecule has 7 heteroatoms. The maximum atomic E-state index is 13.3. The quantitative estimate of drug-likeness (QED) is 0.775. The number of H-pyrrole nitrogens is 1. The Labute approximate surface area is 126 Å². The molecule has 0 bridgehead atoms. The van der Waals surface area contributed by atoms with Crippen LogP contribution in [0.1, 0.15) is 11.4 Å². The first kappa shape index (κ1) is 14.0. The Morgan fingerprint density at radius 2 is 2.23 bits per heavy atom. The molecule has 0 spiro atoms. The number of hydrogen-bond acceptors (Lipinski definition) is 3. The number of anilines is 1. The van der Waals surface area contributed by atoms with Crippen LogP contribution in [0.2, 0.25) is 0 Å². The van der Waals surface area contributed by atoms with Crippen molar-refractivity contribution in [3.63, 3.8) is 0 Å². The smallest absolute Gasteiger partial charge is 0.231 e. The van der Waals surface area contributed by atoms with Gasteiger partial charge in [-0.25, -0.2) is 9.07 Å². The summed E-state index contributed by atoms with van der Waals surface area (Å²) in [7, 11) is 0. The Hall–Kier alpha value is -2.96. The van der Waals surface area contributed by atoms with Gasteiger partial charge in [0.25, 0.3) is 0 Å². The van der Waals surface area contributed by atoms with E-state index in [1.54, 1.807) is 35.1 Å². The standard InChI is InChI=1S/C15H14FN5O/c1-10-7-14(18-15(22)9-12-5-6-17-19-12)20-21(10)13-4-2-3-11(16)8-13/h2-8H,9H2,1H3,(H,17,19)(H,18,20,22). The van der Waals surface area contributed by atoms with E-state index in [0.717, 1.165) is 11.4 Å². The van der Waals surface area contributed by atoms with Crippen molar-refractivity contribution in [3.8, 4) is 5.69 Å². The largest absolute Gasteiger partial charge is 0.309 e. The topological polar surface area (TPSA) is 75.6 Å². The van der Waals surface area contributed by atoms with Gasteiger partial charge in [0.15, 0.2) is 5.82 Å². The number of aryl methyl sites for hydroxylation is 1. The highest BCUT2D eigenvalue weighted by molar-refractivity contribution is 5.91. The van der Waals surface area contributed by atoms with Crippen molar-refractivity contribution in [2.24, 2.45) is 0 Å². The Bertz CT molecular complexity index is 794. The number of carbonyl (C=O) groups excluding carboxylic acids is 1. The minimum absolute atomic E-state index is 0.186. The lowest BCUT2D eigenvalue weighted by Gasteiger charge is -2.04. The molecule has 0 saturated heterocycles. The predicted molar refractivity (Wildman–Crippen MR) is 79.2 cm³/mol. The van der Waals surface area contributed by atoms with Gasteiger partial charge in [0, 0.05) is 23.7 Å². The van der Waals surface area contributed by atoms with Gasteiger partial charge in [0.1, 0.15) is 5.82 Å². The molecule has 2 heterocycles. The summed E-state index contributed by atoms with van der Waals surface area (Å²) in [5.74, 6) is -0.114. The van der Waals surface area contributed by atoms with Crippen LogP contribution in [0.25, 0.3) is 5.69 Å². The van der Waals surface area contributed by atoms with Crippen LogP contribution >= 0.6 is 0 Å². The van der Waals surface area contributed by atoms with Crippen molar-refractivity contribution in [2.75, 3.05) is 5.32 Å². The van der Waals surface area contributed by atoms with E-state index in [1.807, 2.05) is 6.92 Å². The molecule has 0 aliphatic carbocycles. The highest BCUT2D eigenvalue weighted by Gasteiger charge is 2.10. The number of aromatic amines is 1. The molecule has 3 aromatic rings. The molecule has 2 aromatic heterocycles. The van der Waals surface area contributed by atoms with Gasteiger partial charge in [-0.3, -0.25) is 9.89 Å². The van der Waals surface area contributed by atoms with E-state index in [1.165, 1.54) is 12.1 Å². The number of aromatic nitrogens is 4. The fraction of sp³-hybridized carbons (Fsp3) is 0.133. The summed E-state index contributed by atoms with van der Waals surface area (Å²) in [6, 6.07) is 9.58. The van der Waals surface area contributed by atoms with E-state index in [9.17, 15) is 9.18 Å². The van der Waals surface area contributed by atoms with Gasteiger partial charge in [0.2, 0.25) is 5.91 Å². The summed E-state index contributed by atoms with van der Waals surface area (Å²) in [6.45, 7) is 1.84. The zero-order valence-corrected chi connectivity index (χ0v) is 11.9. The summed E-state index contributed by atoms with van der Waals surface area (Å²) in [5.41, 5.74) is 2.12. The summed E-state index contributed by atoms with van der Waals surface area (Å²) >= 11 is 0. The molecule has 0 atom stereocenters. The molecule has 3 rings (SSSR count). The number of nitrogens with one attached hydrogen (secondary N) is 2. The number of benzene rings is 1. The predicted octanol–water partition coefficient (Wildman–Crippen LogP) is 2.22. The second-order valence-electron chi connectivity index (χ2n) is 4.87. The fourth-order valence-corrected chi connectivity index (χ4v) is 2.15. The van der Waals surface area contributed by atoms with Gasteiger partial charge in [-0.2, -0.15) is 5.10 Å². The minimum atomic E-state index is -0.336. The third kappa shape index (κ3) is 3.03. The molecule has 6 nitrogen and oxygen atoms in total. The third-order valence-corrected chi connectivity index (χ3v) is 3.12. The monoisotopic (exact) mass is 299 g/mol. The zero-order valence-electron chi connectivity index (χ0n) is 11.9. The van der Waals surface area contributed by atoms with Crippen LogP contribution < -0.4 is 5.32 Å².